The van der Waals surface area contributed by atoms with Crippen LogP contribution < -0.4 is 19.8 Å². The SMILES string of the molecule is Cc1cc(-n2ccc(OCc3ccc(OC(F)(F)F)cc3)cc2=O)ccc1OCC(C)(C)O. The maximum absolute atomic E-state index is 12.6. The van der Waals surface area contributed by atoms with Gasteiger partial charge in [0.25, 0.3) is 5.56 Å². The van der Waals surface area contributed by atoms with Crippen LogP contribution >= 0.6 is 0 Å². The van der Waals surface area contributed by atoms with Crippen LogP contribution in [-0.2, 0) is 6.61 Å². The highest BCUT2D eigenvalue weighted by Crippen LogP contribution is 2.24. The molecular formula is C24H24F3NO5. The lowest BCUT2D eigenvalue weighted by Gasteiger charge is -2.19. The third kappa shape index (κ3) is 7.28. The quantitative estimate of drug-likeness (QED) is 0.521. The first-order valence-electron chi connectivity index (χ1n) is 10.1. The zero-order valence-corrected chi connectivity index (χ0v) is 18.3. The number of aromatic nitrogens is 1. The number of ether oxygens (including phenoxy) is 3. The van der Waals surface area contributed by atoms with Gasteiger partial charge in [-0.15, -0.1) is 13.2 Å². The first-order valence-corrected chi connectivity index (χ1v) is 10.1. The van der Waals surface area contributed by atoms with E-state index in [1.807, 2.05) is 6.92 Å². The van der Waals surface area contributed by atoms with E-state index in [1.54, 1.807) is 44.3 Å². The molecule has 0 saturated heterocycles. The van der Waals surface area contributed by atoms with Gasteiger partial charge in [0, 0.05) is 18.0 Å². The zero-order valence-electron chi connectivity index (χ0n) is 18.3. The van der Waals surface area contributed by atoms with E-state index in [4.69, 9.17) is 9.47 Å². The number of benzene rings is 2. The summed E-state index contributed by atoms with van der Waals surface area (Å²) in [4.78, 5) is 12.6. The van der Waals surface area contributed by atoms with Gasteiger partial charge in [0.1, 0.15) is 30.5 Å². The van der Waals surface area contributed by atoms with Gasteiger partial charge in [-0.05, 0) is 68.3 Å². The fourth-order valence-electron chi connectivity index (χ4n) is 2.92. The zero-order chi connectivity index (χ0) is 24.2. The van der Waals surface area contributed by atoms with Crippen molar-refractivity contribution in [1.29, 1.82) is 0 Å². The van der Waals surface area contributed by atoms with Gasteiger partial charge in [0.2, 0.25) is 0 Å². The summed E-state index contributed by atoms with van der Waals surface area (Å²) in [5.41, 5.74) is 0.787. The number of nitrogens with zero attached hydrogens (tertiary/aromatic N) is 1. The Labute approximate surface area is 188 Å². The molecule has 0 amide bonds. The first-order chi connectivity index (χ1) is 15.4. The van der Waals surface area contributed by atoms with Crippen LogP contribution in [0.3, 0.4) is 0 Å². The third-order valence-corrected chi connectivity index (χ3v) is 4.47. The monoisotopic (exact) mass is 463 g/mol. The van der Waals surface area contributed by atoms with Gasteiger partial charge in [-0.3, -0.25) is 9.36 Å². The summed E-state index contributed by atoms with van der Waals surface area (Å²) in [6, 6.07) is 13.5. The van der Waals surface area contributed by atoms with Crippen LogP contribution in [0.2, 0.25) is 0 Å². The summed E-state index contributed by atoms with van der Waals surface area (Å²) in [6.07, 6.45) is -3.17. The molecule has 0 atom stereocenters. The summed E-state index contributed by atoms with van der Waals surface area (Å²) in [5, 5.41) is 9.81. The van der Waals surface area contributed by atoms with Crippen molar-refractivity contribution >= 4 is 0 Å². The fourth-order valence-corrected chi connectivity index (χ4v) is 2.92. The molecule has 0 bridgehead atoms. The molecule has 1 aromatic heterocycles. The van der Waals surface area contributed by atoms with E-state index in [0.29, 0.717) is 22.7 Å². The number of hydrogen-bond donors (Lipinski definition) is 1. The second kappa shape index (κ2) is 9.58. The van der Waals surface area contributed by atoms with Crippen LogP contribution in [0.4, 0.5) is 13.2 Å². The molecule has 0 unspecified atom stereocenters. The van der Waals surface area contributed by atoms with Crippen molar-refractivity contribution in [1.82, 2.24) is 4.57 Å². The minimum absolute atomic E-state index is 0.0715. The molecular weight excluding hydrogens is 439 g/mol. The molecule has 6 nitrogen and oxygen atoms in total. The number of aryl methyl sites for hydroxylation is 1. The van der Waals surface area contributed by atoms with Crippen LogP contribution in [0.5, 0.6) is 17.2 Å². The minimum Gasteiger partial charge on any atom is -0.490 e. The molecule has 3 rings (SSSR count). The summed E-state index contributed by atoms with van der Waals surface area (Å²) >= 11 is 0. The largest absolute Gasteiger partial charge is 0.573 e. The maximum Gasteiger partial charge on any atom is 0.573 e. The number of hydrogen-bond acceptors (Lipinski definition) is 5. The van der Waals surface area contributed by atoms with E-state index < -0.39 is 12.0 Å². The van der Waals surface area contributed by atoms with Gasteiger partial charge < -0.3 is 19.3 Å². The summed E-state index contributed by atoms with van der Waals surface area (Å²) < 4.78 is 53.2. The topological polar surface area (TPSA) is 69.9 Å². The number of alkyl halides is 3. The minimum atomic E-state index is -4.75. The van der Waals surface area contributed by atoms with E-state index in [1.165, 1.54) is 34.9 Å². The van der Waals surface area contributed by atoms with Crippen molar-refractivity contribution in [2.75, 3.05) is 6.61 Å². The normalized spacial score (nSPS) is 11.8. The van der Waals surface area contributed by atoms with Gasteiger partial charge in [0.15, 0.2) is 0 Å². The average molecular weight is 463 g/mol. The molecule has 176 valence electrons. The summed E-state index contributed by atoms with van der Waals surface area (Å²) in [6.45, 7) is 5.35. The van der Waals surface area contributed by atoms with E-state index in [2.05, 4.69) is 4.74 Å². The second-order valence-electron chi connectivity index (χ2n) is 8.10. The Kier molecular flexibility index (Phi) is 7.02. The molecule has 0 aliphatic rings. The average Bonchev–Trinajstić information content (AvgIpc) is 2.71. The Morgan fingerprint density at radius 3 is 2.21 bits per heavy atom. The lowest BCUT2D eigenvalue weighted by Crippen LogP contribution is -2.28. The van der Waals surface area contributed by atoms with Crippen LogP contribution in [-0.4, -0.2) is 28.2 Å². The predicted molar refractivity (Wildman–Crippen MR) is 116 cm³/mol. The molecule has 0 fully saturated rings. The van der Waals surface area contributed by atoms with Crippen LogP contribution in [0.25, 0.3) is 5.69 Å². The smallest absolute Gasteiger partial charge is 0.490 e. The second-order valence-corrected chi connectivity index (χ2v) is 8.10. The highest BCUT2D eigenvalue weighted by molar-refractivity contribution is 5.44. The Bertz CT molecular complexity index is 1150. The fraction of sp³-hybridized carbons (Fsp3) is 0.292. The van der Waals surface area contributed by atoms with Crippen LogP contribution in [0, 0.1) is 6.92 Å². The van der Waals surface area contributed by atoms with Crippen molar-refractivity contribution in [3.8, 4) is 22.9 Å². The van der Waals surface area contributed by atoms with Crippen molar-refractivity contribution < 1.29 is 32.5 Å². The molecule has 3 aromatic rings. The lowest BCUT2D eigenvalue weighted by molar-refractivity contribution is -0.274. The Morgan fingerprint density at radius 2 is 1.64 bits per heavy atom. The Hall–Kier alpha value is -3.46. The molecule has 1 heterocycles. The van der Waals surface area contributed by atoms with Gasteiger partial charge in [0.05, 0.1) is 5.60 Å². The van der Waals surface area contributed by atoms with Gasteiger partial charge in [-0.25, -0.2) is 0 Å². The van der Waals surface area contributed by atoms with Crippen molar-refractivity contribution in [3.63, 3.8) is 0 Å². The van der Waals surface area contributed by atoms with Crippen LogP contribution in [0.1, 0.15) is 25.0 Å². The molecule has 9 heteroatoms. The van der Waals surface area contributed by atoms with Crippen molar-refractivity contribution in [3.05, 3.63) is 82.3 Å². The molecule has 0 aliphatic heterocycles. The van der Waals surface area contributed by atoms with E-state index >= 15 is 0 Å². The number of halogens is 3. The third-order valence-electron chi connectivity index (χ3n) is 4.47. The number of pyridine rings is 1. The van der Waals surface area contributed by atoms with E-state index in [0.717, 1.165) is 5.56 Å². The highest BCUT2D eigenvalue weighted by Gasteiger charge is 2.30. The van der Waals surface area contributed by atoms with E-state index in [-0.39, 0.29) is 24.5 Å². The van der Waals surface area contributed by atoms with Crippen molar-refractivity contribution in [2.24, 2.45) is 0 Å². The molecule has 33 heavy (non-hydrogen) atoms. The van der Waals surface area contributed by atoms with Gasteiger partial charge in [-0.1, -0.05) is 12.1 Å². The Balaban J connectivity index is 1.65. The molecule has 1 N–H and O–H groups in total. The summed E-state index contributed by atoms with van der Waals surface area (Å²) in [7, 11) is 0. The Morgan fingerprint density at radius 1 is 0.939 bits per heavy atom. The van der Waals surface area contributed by atoms with Gasteiger partial charge in [-0.2, -0.15) is 0 Å². The highest BCUT2D eigenvalue weighted by atomic mass is 19.4. The molecule has 0 radical (unpaired) electrons. The molecule has 2 aromatic carbocycles. The number of aliphatic hydroxyl groups is 1. The lowest BCUT2D eigenvalue weighted by atomic mass is 10.1. The first kappa shape index (κ1) is 24.2. The maximum atomic E-state index is 12.6. The van der Waals surface area contributed by atoms with E-state index in [9.17, 15) is 23.1 Å². The van der Waals surface area contributed by atoms with Crippen LogP contribution in [0.15, 0.2) is 65.6 Å². The van der Waals surface area contributed by atoms with Crippen molar-refractivity contribution in [2.45, 2.75) is 39.3 Å². The van der Waals surface area contributed by atoms with Gasteiger partial charge >= 0.3 is 6.36 Å². The molecule has 0 spiro atoms. The standard InChI is InChI=1S/C24H24F3NO5/c1-16-12-18(6-9-21(16)32-15-23(2,3)30)28-11-10-20(13-22(28)29)31-14-17-4-7-19(8-5-17)33-24(25,26)27/h4-13,30H,14-15H2,1-3H3. The molecule has 0 saturated carbocycles. The predicted octanol–water partition coefficient (Wildman–Crippen LogP) is 4.77. The number of rotatable bonds is 8. The summed E-state index contributed by atoms with van der Waals surface area (Å²) in [5.74, 6) is 0.620. The molecule has 0 aliphatic carbocycles.